The molecule has 98 heavy (non-hydrogen) atoms. The molecule has 18 rings (SSSR count). The minimum absolute atomic E-state index is 0.753. The topological polar surface area (TPSA) is 13.1 Å². The lowest BCUT2D eigenvalue weighted by Gasteiger charge is -2.26. The van der Waals surface area contributed by atoms with E-state index in [2.05, 4.69) is 378 Å². The Hall–Kier alpha value is -11.8. The third-order valence-corrected chi connectivity index (χ3v) is 21.2. The Kier molecular flexibility index (Phi) is 16.1. The van der Waals surface area contributed by atoms with E-state index < -0.39 is 0 Å². The molecule has 0 amide bonds. The average molecular weight is 1310 g/mol. The highest BCUT2D eigenvalue weighted by molar-refractivity contribution is 7.19. The number of thiophene rings is 2. The second-order valence-electron chi connectivity index (χ2n) is 24.5. The Morgan fingerprint density at radius 2 is 0.459 bits per heavy atom. The Labute approximate surface area is 583 Å². The molecule has 0 N–H and O–H groups in total. The Morgan fingerprint density at radius 1 is 0.204 bits per heavy atom. The number of benzene rings is 14. The number of hydrogen-bond acceptors (Lipinski definition) is 3. The molecule has 0 saturated carbocycles. The van der Waals surface area contributed by atoms with Crippen LogP contribution >= 0.6 is 34.3 Å². The fourth-order valence-corrected chi connectivity index (χ4v) is 15.8. The van der Waals surface area contributed by atoms with Gasteiger partial charge in [-0.2, -0.15) is 0 Å². The summed E-state index contributed by atoms with van der Waals surface area (Å²) in [7, 11) is 0. The van der Waals surface area contributed by atoms with Gasteiger partial charge in [0.2, 0.25) is 0 Å². The summed E-state index contributed by atoms with van der Waals surface area (Å²) in [6, 6.07) is 135. The minimum Gasteiger partial charge on any atom is -0.311 e. The molecular weight excluding hydrogens is 1250 g/mol. The van der Waals surface area contributed by atoms with E-state index in [4.69, 9.17) is 11.6 Å². The van der Waals surface area contributed by atoms with Gasteiger partial charge in [-0.15, -0.1) is 22.7 Å². The van der Waals surface area contributed by atoms with Crippen LogP contribution in [-0.4, -0.2) is 9.13 Å². The molecule has 0 fully saturated rings. The van der Waals surface area contributed by atoms with Crippen LogP contribution in [0.5, 0.6) is 0 Å². The molecule has 0 bridgehead atoms. The van der Waals surface area contributed by atoms with Gasteiger partial charge in [0.25, 0.3) is 0 Å². The monoisotopic (exact) mass is 1310 g/mol. The molecule has 0 saturated heterocycles. The van der Waals surface area contributed by atoms with Crippen molar-refractivity contribution in [1.29, 1.82) is 0 Å². The first-order chi connectivity index (χ1) is 48.5. The van der Waals surface area contributed by atoms with Crippen molar-refractivity contribution in [3.8, 4) is 97.6 Å². The molecule has 0 atom stereocenters. The summed E-state index contributed by atoms with van der Waals surface area (Å²) in [5, 5.41) is 5.74. The number of para-hydroxylation sites is 2. The third-order valence-electron chi connectivity index (χ3n) is 18.6. The Balaban J connectivity index is 0.000000166. The first-order valence-corrected chi connectivity index (χ1v) is 35.1. The molecule has 6 heteroatoms. The summed E-state index contributed by atoms with van der Waals surface area (Å²) in [4.78, 5) is 7.47. The van der Waals surface area contributed by atoms with Gasteiger partial charge in [-0.3, -0.25) is 0 Å². The first kappa shape index (κ1) is 59.9. The Bertz CT molecular complexity index is 5720. The van der Waals surface area contributed by atoms with E-state index in [-0.39, 0.29) is 0 Å². The van der Waals surface area contributed by atoms with Crippen LogP contribution in [0.4, 0.5) is 17.1 Å². The van der Waals surface area contributed by atoms with Crippen molar-refractivity contribution < 1.29 is 0 Å². The molecule has 0 unspecified atom stereocenters. The maximum atomic E-state index is 6.12. The number of hydrogen-bond donors (Lipinski definition) is 0. The molecule has 0 aliphatic heterocycles. The van der Waals surface area contributed by atoms with Crippen LogP contribution in [0, 0.1) is 0 Å². The van der Waals surface area contributed by atoms with E-state index >= 15 is 0 Å². The highest BCUT2D eigenvalue weighted by Gasteiger charge is 2.19. The Morgan fingerprint density at radius 3 is 0.816 bits per heavy atom. The summed E-state index contributed by atoms with van der Waals surface area (Å²) in [5.74, 6) is 0. The average Bonchev–Trinajstić information content (AvgIpc) is 1.60. The molecule has 4 heterocycles. The smallest absolute Gasteiger partial charge is 0.0541 e. The lowest BCUT2D eigenvalue weighted by molar-refractivity contribution is 1.18. The van der Waals surface area contributed by atoms with E-state index in [9.17, 15) is 0 Å². The van der Waals surface area contributed by atoms with Crippen LogP contribution in [0.2, 0.25) is 5.02 Å². The van der Waals surface area contributed by atoms with Crippen molar-refractivity contribution >= 4 is 94.9 Å². The lowest BCUT2D eigenvalue weighted by Crippen LogP contribution is -2.09. The van der Waals surface area contributed by atoms with E-state index in [1.54, 1.807) is 0 Å². The molecule has 18 aromatic rings. The first-order valence-electron chi connectivity index (χ1n) is 33.0. The molecule has 0 aliphatic rings. The van der Waals surface area contributed by atoms with Crippen LogP contribution in [0.3, 0.4) is 0 Å². The maximum Gasteiger partial charge on any atom is 0.0541 e. The van der Waals surface area contributed by atoms with Crippen LogP contribution in [0.25, 0.3) is 141 Å². The van der Waals surface area contributed by atoms with Gasteiger partial charge in [-0.25, -0.2) is 0 Å². The van der Waals surface area contributed by atoms with E-state index in [0.717, 1.165) is 33.5 Å². The predicted molar refractivity (Wildman–Crippen MR) is 420 cm³/mol. The quantitative estimate of drug-likeness (QED) is 0.112. The van der Waals surface area contributed by atoms with Gasteiger partial charge in [-0.1, -0.05) is 254 Å². The fraction of sp³-hybridized carbons (Fsp3) is 0. The molecule has 0 spiro atoms. The highest BCUT2D eigenvalue weighted by atomic mass is 35.5. The zero-order valence-corrected chi connectivity index (χ0v) is 55.7. The van der Waals surface area contributed by atoms with Gasteiger partial charge in [-0.05, 0) is 200 Å². The van der Waals surface area contributed by atoms with Crippen molar-refractivity contribution in [2.24, 2.45) is 0 Å². The van der Waals surface area contributed by atoms with Gasteiger partial charge in [0.1, 0.15) is 0 Å². The summed E-state index contributed by atoms with van der Waals surface area (Å²) in [6.45, 7) is 0. The van der Waals surface area contributed by atoms with Crippen LogP contribution in [-0.2, 0) is 0 Å². The largest absolute Gasteiger partial charge is 0.311 e. The molecule has 4 aromatic heterocycles. The van der Waals surface area contributed by atoms with Crippen molar-refractivity contribution in [2.75, 3.05) is 4.90 Å². The number of aromatic nitrogens is 2. The van der Waals surface area contributed by atoms with Gasteiger partial charge >= 0.3 is 0 Å². The van der Waals surface area contributed by atoms with E-state index in [1.807, 2.05) is 34.8 Å². The summed E-state index contributed by atoms with van der Waals surface area (Å²) in [5.41, 5.74) is 25.0. The van der Waals surface area contributed by atoms with Crippen molar-refractivity contribution in [3.63, 3.8) is 0 Å². The standard InChI is InChI=1S/C58H40N2S.C34H22ClNS/c1-4-12-41(13-5-1)43-20-29-49(30-21-43)59(50-31-22-44(23-32-50)42-14-6-2-7-15-42)51-33-24-45(25-34-51)48-28-37-56-54(40-48)53-18-10-11-19-55(53)60(56)52-35-26-47(27-36-52)58-39-38-57(61-58)46-16-8-3-9-17-46;35-27-15-10-23(11-16-27)26-14-19-32-30(22-26)29-8-4-5-9-31(29)36(32)28-17-12-25(13-18-28)34-21-20-33(37-34)24-6-2-1-3-7-24/h1-40H;1-22H. The summed E-state index contributed by atoms with van der Waals surface area (Å²) >= 11 is 9.79. The number of nitrogens with zero attached hydrogens (tertiary/aromatic N) is 3. The van der Waals surface area contributed by atoms with E-state index in [0.29, 0.717) is 0 Å². The minimum atomic E-state index is 0.753. The molecular formula is C92H62ClN3S2. The molecule has 3 nitrogen and oxygen atoms in total. The third kappa shape index (κ3) is 11.8. The van der Waals surface area contributed by atoms with Crippen molar-refractivity contribution in [2.45, 2.75) is 0 Å². The van der Waals surface area contributed by atoms with Gasteiger partial charge in [0, 0.05) is 74.5 Å². The normalized spacial score (nSPS) is 11.3. The number of halogens is 1. The second kappa shape index (κ2) is 26.4. The lowest BCUT2D eigenvalue weighted by atomic mass is 10.0. The highest BCUT2D eigenvalue weighted by Crippen LogP contribution is 2.43. The molecule has 0 radical (unpaired) electrons. The summed E-state index contributed by atoms with van der Waals surface area (Å²) in [6.07, 6.45) is 0. The van der Waals surface area contributed by atoms with Crippen LogP contribution < -0.4 is 4.90 Å². The number of fused-ring (bicyclic) bond motifs is 6. The van der Waals surface area contributed by atoms with Gasteiger partial charge in [0.15, 0.2) is 0 Å². The SMILES string of the molecule is Clc1ccc(-c2ccc3c(c2)c2ccccc2n3-c2ccc(-c3ccc(-c4ccccc4)s3)cc2)cc1.c1ccc(-c2ccc(N(c3ccc(-c4ccccc4)cc3)c3ccc(-c4ccc5c(c4)c4ccccc4n5-c4ccc(-c5ccc(-c6ccccc6)s5)cc4)cc3)cc2)cc1. The maximum absolute atomic E-state index is 6.12. The van der Waals surface area contributed by atoms with Crippen molar-refractivity contribution in [3.05, 3.63) is 381 Å². The summed E-state index contributed by atoms with van der Waals surface area (Å²) < 4.78 is 4.76. The predicted octanol–water partition coefficient (Wildman–Crippen LogP) is 27.1. The molecule has 14 aromatic carbocycles. The zero-order valence-electron chi connectivity index (χ0n) is 53.3. The fourth-order valence-electron chi connectivity index (χ4n) is 13.7. The number of rotatable bonds is 13. The van der Waals surface area contributed by atoms with Crippen LogP contribution in [0.15, 0.2) is 376 Å². The zero-order chi connectivity index (χ0) is 65.3. The number of anilines is 3. The van der Waals surface area contributed by atoms with Crippen LogP contribution in [0.1, 0.15) is 0 Å². The van der Waals surface area contributed by atoms with Crippen molar-refractivity contribution in [1.82, 2.24) is 9.13 Å². The van der Waals surface area contributed by atoms with E-state index in [1.165, 1.54) is 130 Å². The van der Waals surface area contributed by atoms with Gasteiger partial charge in [0.05, 0.1) is 22.1 Å². The molecule has 0 aliphatic carbocycles. The molecule has 464 valence electrons. The van der Waals surface area contributed by atoms with Gasteiger partial charge < -0.3 is 14.0 Å². The second-order valence-corrected chi connectivity index (χ2v) is 27.1.